The average molecular weight is 324 g/mol. The molecule has 0 amide bonds. The number of thiophene rings is 1. The van der Waals surface area contributed by atoms with E-state index < -0.39 is 0 Å². The summed E-state index contributed by atoms with van der Waals surface area (Å²) in [5.74, 6) is 1.57. The van der Waals surface area contributed by atoms with Gasteiger partial charge in [0.2, 0.25) is 0 Å². The van der Waals surface area contributed by atoms with Crippen LogP contribution in [0, 0.1) is 6.92 Å². The monoisotopic (exact) mass is 323 g/mol. The molecule has 0 radical (unpaired) electrons. The van der Waals surface area contributed by atoms with E-state index in [4.69, 9.17) is 16.3 Å². The van der Waals surface area contributed by atoms with E-state index in [-0.39, 0.29) is 6.10 Å². The summed E-state index contributed by atoms with van der Waals surface area (Å²) in [5.41, 5.74) is 0. The van der Waals surface area contributed by atoms with Crippen LogP contribution >= 0.6 is 22.9 Å². The van der Waals surface area contributed by atoms with Crippen LogP contribution in [0.2, 0.25) is 5.15 Å². The molecule has 21 heavy (non-hydrogen) atoms. The lowest BCUT2D eigenvalue weighted by Gasteiger charge is -2.26. The number of rotatable bonds is 5. The third-order valence-electron chi connectivity index (χ3n) is 3.49. The van der Waals surface area contributed by atoms with E-state index in [1.165, 1.54) is 4.88 Å². The number of ether oxygens (including phenoxy) is 1. The van der Waals surface area contributed by atoms with Crippen molar-refractivity contribution in [2.45, 2.75) is 32.4 Å². The second kappa shape index (κ2) is 6.73. The number of hydrogen-bond donors (Lipinski definition) is 0. The number of nitrogens with zero attached hydrogens (tertiary/aromatic N) is 3. The normalized spacial score (nSPS) is 18.1. The quantitative estimate of drug-likeness (QED) is 0.787. The Balaban J connectivity index is 1.82. The van der Waals surface area contributed by atoms with E-state index in [1.807, 2.05) is 13.0 Å². The molecule has 1 aliphatic rings. The molecule has 6 heteroatoms. The maximum atomic E-state index is 6.09. The highest BCUT2D eigenvalue weighted by Crippen LogP contribution is 2.23. The zero-order valence-corrected chi connectivity index (χ0v) is 13.5. The van der Waals surface area contributed by atoms with Crippen molar-refractivity contribution in [2.24, 2.45) is 0 Å². The number of hydrogen-bond acceptors (Lipinski definition) is 5. The van der Waals surface area contributed by atoms with Crippen LogP contribution in [0.4, 0.5) is 5.82 Å². The predicted octanol–water partition coefficient (Wildman–Crippen LogP) is 3.69. The number of halogens is 1. The Morgan fingerprint density at radius 3 is 3.05 bits per heavy atom. The number of anilines is 1. The van der Waals surface area contributed by atoms with E-state index in [9.17, 15) is 0 Å². The third-order valence-corrected chi connectivity index (χ3v) is 4.55. The van der Waals surface area contributed by atoms with Crippen molar-refractivity contribution in [1.82, 2.24) is 9.97 Å². The minimum absolute atomic E-state index is 0.277. The summed E-state index contributed by atoms with van der Waals surface area (Å²) in [7, 11) is 0. The molecular weight excluding hydrogens is 306 g/mol. The van der Waals surface area contributed by atoms with Gasteiger partial charge >= 0.3 is 0 Å². The van der Waals surface area contributed by atoms with Crippen molar-refractivity contribution in [2.75, 3.05) is 18.1 Å². The molecule has 3 rings (SSSR count). The van der Waals surface area contributed by atoms with Crippen molar-refractivity contribution < 1.29 is 4.74 Å². The first-order valence-corrected chi connectivity index (χ1v) is 8.36. The molecule has 4 nitrogen and oxygen atoms in total. The van der Waals surface area contributed by atoms with Gasteiger partial charge in [-0.25, -0.2) is 9.97 Å². The molecule has 1 saturated heterocycles. The Morgan fingerprint density at radius 1 is 1.48 bits per heavy atom. The fourth-order valence-electron chi connectivity index (χ4n) is 2.54. The molecule has 2 aromatic rings. The van der Waals surface area contributed by atoms with Crippen molar-refractivity contribution >= 4 is 28.8 Å². The lowest BCUT2D eigenvalue weighted by molar-refractivity contribution is 0.115. The van der Waals surface area contributed by atoms with E-state index in [1.54, 1.807) is 11.3 Å². The van der Waals surface area contributed by atoms with Gasteiger partial charge in [0.15, 0.2) is 0 Å². The van der Waals surface area contributed by atoms with Gasteiger partial charge in [-0.1, -0.05) is 17.7 Å². The minimum atomic E-state index is 0.277. The molecule has 3 heterocycles. The molecule has 0 aliphatic carbocycles. The maximum absolute atomic E-state index is 6.09. The second-order valence-electron chi connectivity index (χ2n) is 5.19. The van der Waals surface area contributed by atoms with Gasteiger partial charge in [0.25, 0.3) is 0 Å². The zero-order valence-electron chi connectivity index (χ0n) is 12.0. The molecule has 1 fully saturated rings. The van der Waals surface area contributed by atoms with Crippen LogP contribution in [0.3, 0.4) is 0 Å². The highest BCUT2D eigenvalue weighted by Gasteiger charge is 2.21. The maximum Gasteiger partial charge on any atom is 0.134 e. The highest BCUT2D eigenvalue weighted by atomic mass is 35.5. The Labute approximate surface area is 133 Å². The van der Waals surface area contributed by atoms with Crippen LogP contribution in [0.25, 0.3) is 0 Å². The molecule has 0 spiro atoms. The van der Waals surface area contributed by atoms with Crippen LogP contribution in [-0.2, 0) is 11.3 Å². The second-order valence-corrected chi connectivity index (χ2v) is 6.61. The summed E-state index contributed by atoms with van der Waals surface area (Å²) in [6.45, 7) is 4.39. The summed E-state index contributed by atoms with van der Waals surface area (Å²) in [6.07, 6.45) is 2.53. The van der Waals surface area contributed by atoms with E-state index in [0.29, 0.717) is 11.0 Å². The van der Waals surface area contributed by atoms with Crippen LogP contribution in [-0.4, -0.2) is 29.2 Å². The van der Waals surface area contributed by atoms with Crippen molar-refractivity contribution in [1.29, 1.82) is 0 Å². The lowest BCUT2D eigenvalue weighted by Crippen LogP contribution is -2.32. The van der Waals surface area contributed by atoms with Gasteiger partial charge in [0.1, 0.15) is 16.8 Å². The van der Waals surface area contributed by atoms with Crippen molar-refractivity contribution in [3.05, 3.63) is 39.4 Å². The smallest absolute Gasteiger partial charge is 0.134 e. The Bertz CT molecular complexity index is 564. The molecule has 0 aromatic carbocycles. The Morgan fingerprint density at radius 2 is 2.38 bits per heavy atom. The Kier molecular flexibility index (Phi) is 4.73. The van der Waals surface area contributed by atoms with E-state index in [0.717, 1.165) is 38.4 Å². The largest absolute Gasteiger partial charge is 0.376 e. The molecule has 1 aliphatic heterocycles. The summed E-state index contributed by atoms with van der Waals surface area (Å²) >= 11 is 7.84. The summed E-state index contributed by atoms with van der Waals surface area (Å²) in [4.78, 5) is 12.2. The summed E-state index contributed by atoms with van der Waals surface area (Å²) in [6, 6.07) is 6.04. The standard InChI is InChI=1S/C15H18ClN3OS/c1-11-17-14(16)8-15(18-11)19(9-12-4-2-6-20-12)10-13-5-3-7-21-13/h3,5,7-8,12H,2,4,6,9-10H2,1H3. The predicted molar refractivity (Wildman–Crippen MR) is 86.1 cm³/mol. The third kappa shape index (κ3) is 3.93. The van der Waals surface area contributed by atoms with Gasteiger partial charge in [0, 0.05) is 24.1 Å². The molecule has 112 valence electrons. The topological polar surface area (TPSA) is 38.2 Å². The van der Waals surface area contributed by atoms with Gasteiger partial charge in [-0.05, 0) is 31.2 Å². The summed E-state index contributed by atoms with van der Waals surface area (Å²) < 4.78 is 5.77. The van der Waals surface area contributed by atoms with Crippen molar-refractivity contribution in [3.8, 4) is 0 Å². The highest BCUT2D eigenvalue weighted by molar-refractivity contribution is 7.09. The van der Waals surface area contributed by atoms with Crippen LogP contribution in [0.5, 0.6) is 0 Å². The van der Waals surface area contributed by atoms with E-state index >= 15 is 0 Å². The molecule has 1 unspecified atom stereocenters. The summed E-state index contributed by atoms with van der Waals surface area (Å²) in [5, 5.41) is 2.58. The van der Waals surface area contributed by atoms with Crippen LogP contribution < -0.4 is 4.90 Å². The molecule has 2 aromatic heterocycles. The fourth-order valence-corrected chi connectivity index (χ4v) is 3.48. The van der Waals surface area contributed by atoms with Crippen LogP contribution in [0.15, 0.2) is 23.6 Å². The molecule has 0 saturated carbocycles. The Hall–Kier alpha value is -1.17. The fraction of sp³-hybridized carbons (Fsp3) is 0.467. The molecule has 0 bridgehead atoms. The van der Waals surface area contributed by atoms with Crippen LogP contribution in [0.1, 0.15) is 23.5 Å². The number of aromatic nitrogens is 2. The van der Waals surface area contributed by atoms with Gasteiger partial charge in [-0.3, -0.25) is 0 Å². The SMILES string of the molecule is Cc1nc(Cl)cc(N(Cc2cccs2)CC2CCCO2)n1. The van der Waals surface area contributed by atoms with Gasteiger partial charge in [-0.2, -0.15) is 0 Å². The molecule has 1 atom stereocenters. The van der Waals surface area contributed by atoms with Gasteiger partial charge in [0.05, 0.1) is 12.6 Å². The first kappa shape index (κ1) is 14.8. The molecular formula is C15H18ClN3OS. The van der Waals surface area contributed by atoms with Crippen molar-refractivity contribution in [3.63, 3.8) is 0 Å². The van der Waals surface area contributed by atoms with E-state index in [2.05, 4.69) is 32.4 Å². The lowest BCUT2D eigenvalue weighted by atomic mass is 10.2. The van der Waals surface area contributed by atoms with Gasteiger partial charge < -0.3 is 9.64 Å². The average Bonchev–Trinajstić information content (AvgIpc) is 3.10. The zero-order chi connectivity index (χ0) is 14.7. The van der Waals surface area contributed by atoms with Gasteiger partial charge in [-0.15, -0.1) is 11.3 Å². The number of aryl methyl sites for hydroxylation is 1. The molecule has 0 N–H and O–H groups in total. The first-order valence-electron chi connectivity index (χ1n) is 7.11. The minimum Gasteiger partial charge on any atom is -0.376 e. The first-order chi connectivity index (χ1) is 10.2.